The fourth-order valence-electron chi connectivity index (χ4n) is 4.33. The predicted octanol–water partition coefficient (Wildman–Crippen LogP) is 3.75. The molecular formula is C27H28FN3O3. The number of Topliss-reactive ketones (excluding diaryl/α,β-unsaturated/α-hetero) is 1. The molecule has 0 unspecified atom stereocenters. The second-order valence-corrected chi connectivity index (χ2v) is 8.42. The highest BCUT2D eigenvalue weighted by Gasteiger charge is 2.26. The Morgan fingerprint density at radius 3 is 2.50 bits per heavy atom. The third-order valence-electron chi connectivity index (χ3n) is 6.16. The van der Waals surface area contributed by atoms with Gasteiger partial charge in [0, 0.05) is 43.0 Å². The molecule has 6 nitrogen and oxygen atoms in total. The Hall–Kier alpha value is -3.58. The Morgan fingerprint density at radius 2 is 1.79 bits per heavy atom. The Labute approximate surface area is 198 Å². The van der Waals surface area contributed by atoms with E-state index in [9.17, 15) is 18.8 Å². The van der Waals surface area contributed by atoms with Crippen molar-refractivity contribution in [1.82, 2.24) is 14.8 Å². The number of hydrogen-bond acceptors (Lipinski definition) is 4. The van der Waals surface area contributed by atoms with Gasteiger partial charge in [0.25, 0.3) is 11.5 Å². The first-order valence-electron chi connectivity index (χ1n) is 11.6. The molecule has 1 aliphatic carbocycles. The summed E-state index contributed by atoms with van der Waals surface area (Å²) >= 11 is 0. The van der Waals surface area contributed by atoms with Crippen molar-refractivity contribution in [3.8, 4) is 5.69 Å². The summed E-state index contributed by atoms with van der Waals surface area (Å²) in [6.07, 6.45) is 1.55. The molecule has 0 saturated heterocycles. The summed E-state index contributed by atoms with van der Waals surface area (Å²) in [5, 5.41) is 2.83. The lowest BCUT2D eigenvalue weighted by atomic mass is 9.92. The SMILES string of the molecule is CCN(CCNC(=O)c1cc2c(n(-c3ccc(F)cc3)c1=O)CCCC2=O)Cc1ccccc1. The molecule has 0 spiro atoms. The van der Waals surface area contributed by atoms with Gasteiger partial charge in [0.2, 0.25) is 0 Å². The topological polar surface area (TPSA) is 71.4 Å². The molecule has 7 heteroatoms. The fraction of sp³-hybridized carbons (Fsp3) is 0.296. The maximum absolute atomic E-state index is 13.5. The van der Waals surface area contributed by atoms with Gasteiger partial charge in [0.15, 0.2) is 5.78 Å². The molecule has 3 aromatic rings. The highest BCUT2D eigenvalue weighted by Crippen LogP contribution is 2.23. The summed E-state index contributed by atoms with van der Waals surface area (Å²) in [6, 6.07) is 17.0. The van der Waals surface area contributed by atoms with Crippen LogP contribution >= 0.6 is 0 Å². The summed E-state index contributed by atoms with van der Waals surface area (Å²) in [6.45, 7) is 4.61. The van der Waals surface area contributed by atoms with Crippen molar-refractivity contribution in [2.24, 2.45) is 0 Å². The number of pyridine rings is 1. The fourth-order valence-corrected chi connectivity index (χ4v) is 4.33. The number of likely N-dealkylation sites (N-methyl/N-ethyl adjacent to an activating group) is 1. The van der Waals surface area contributed by atoms with Gasteiger partial charge in [-0.3, -0.25) is 23.9 Å². The largest absolute Gasteiger partial charge is 0.351 e. The van der Waals surface area contributed by atoms with Crippen molar-refractivity contribution >= 4 is 11.7 Å². The first kappa shape index (κ1) is 23.6. The quantitative estimate of drug-likeness (QED) is 0.555. The highest BCUT2D eigenvalue weighted by molar-refractivity contribution is 6.01. The molecule has 0 radical (unpaired) electrons. The standard InChI is InChI=1S/C27H28FN3O3/c1-2-30(18-19-7-4-3-5-8-19)16-15-29-26(33)23-17-22-24(9-6-10-25(22)32)31(27(23)34)21-13-11-20(28)12-14-21/h3-5,7-8,11-14,17H,2,6,9-10,15-16,18H2,1H3,(H,29,33). The zero-order chi connectivity index (χ0) is 24.1. The van der Waals surface area contributed by atoms with Crippen LogP contribution in [0, 0.1) is 5.82 Å². The third-order valence-corrected chi connectivity index (χ3v) is 6.16. The van der Waals surface area contributed by atoms with E-state index in [1.165, 1.54) is 40.5 Å². The molecule has 1 heterocycles. The minimum absolute atomic E-state index is 0.0792. The van der Waals surface area contributed by atoms with E-state index in [1.54, 1.807) is 0 Å². The second-order valence-electron chi connectivity index (χ2n) is 8.42. The van der Waals surface area contributed by atoms with Crippen molar-refractivity contribution < 1.29 is 14.0 Å². The van der Waals surface area contributed by atoms with Crippen LogP contribution in [0.25, 0.3) is 5.69 Å². The number of nitrogens with one attached hydrogen (secondary N) is 1. The Balaban J connectivity index is 1.56. The van der Waals surface area contributed by atoms with Gasteiger partial charge in [-0.1, -0.05) is 37.3 Å². The van der Waals surface area contributed by atoms with Crippen LogP contribution in [0.5, 0.6) is 0 Å². The lowest BCUT2D eigenvalue weighted by molar-refractivity contribution is 0.0946. The minimum atomic E-state index is -0.516. The van der Waals surface area contributed by atoms with Crippen LogP contribution in [-0.2, 0) is 13.0 Å². The van der Waals surface area contributed by atoms with Gasteiger partial charge in [0.05, 0.1) is 0 Å². The van der Waals surface area contributed by atoms with Crippen molar-refractivity contribution in [2.75, 3.05) is 19.6 Å². The van der Waals surface area contributed by atoms with E-state index in [-0.39, 0.29) is 11.3 Å². The van der Waals surface area contributed by atoms with Crippen LogP contribution in [0.4, 0.5) is 4.39 Å². The van der Waals surface area contributed by atoms with Gasteiger partial charge in [-0.05, 0) is 55.3 Å². The first-order valence-corrected chi connectivity index (χ1v) is 11.6. The average molecular weight is 462 g/mol. The van der Waals surface area contributed by atoms with E-state index in [4.69, 9.17) is 0 Å². The van der Waals surface area contributed by atoms with Gasteiger partial charge >= 0.3 is 0 Å². The lowest BCUT2D eigenvalue weighted by Gasteiger charge is -2.22. The number of fused-ring (bicyclic) bond motifs is 1. The van der Waals surface area contributed by atoms with Crippen LogP contribution in [0.1, 0.15) is 51.7 Å². The number of halogens is 1. The molecular weight excluding hydrogens is 433 g/mol. The predicted molar refractivity (Wildman–Crippen MR) is 129 cm³/mol. The van der Waals surface area contributed by atoms with Gasteiger partial charge in [-0.2, -0.15) is 0 Å². The Bertz CT molecular complexity index is 1240. The second kappa shape index (κ2) is 10.6. The van der Waals surface area contributed by atoms with Crippen LogP contribution in [-0.4, -0.2) is 40.8 Å². The molecule has 0 fully saturated rings. The van der Waals surface area contributed by atoms with Crippen LogP contribution in [0.2, 0.25) is 0 Å². The molecule has 0 saturated carbocycles. The molecule has 34 heavy (non-hydrogen) atoms. The Kier molecular flexibility index (Phi) is 7.33. The number of hydrogen-bond donors (Lipinski definition) is 1. The van der Waals surface area contributed by atoms with Gasteiger partial charge < -0.3 is 5.32 Å². The molecule has 1 N–H and O–H groups in total. The van der Waals surface area contributed by atoms with E-state index in [0.29, 0.717) is 49.3 Å². The van der Waals surface area contributed by atoms with Crippen LogP contribution in [0.15, 0.2) is 65.5 Å². The molecule has 176 valence electrons. The number of aromatic nitrogens is 1. The maximum atomic E-state index is 13.5. The van der Waals surface area contributed by atoms with E-state index in [1.807, 2.05) is 18.2 Å². The summed E-state index contributed by atoms with van der Waals surface area (Å²) in [7, 11) is 0. The molecule has 0 bridgehead atoms. The number of rotatable bonds is 8. The van der Waals surface area contributed by atoms with Crippen molar-refractivity contribution in [2.45, 2.75) is 32.7 Å². The van der Waals surface area contributed by atoms with Crippen LogP contribution < -0.4 is 10.9 Å². The van der Waals surface area contributed by atoms with Gasteiger partial charge in [-0.25, -0.2) is 4.39 Å². The van der Waals surface area contributed by atoms with Crippen molar-refractivity contribution in [1.29, 1.82) is 0 Å². The summed E-state index contributed by atoms with van der Waals surface area (Å²) in [5.74, 6) is -1.03. The summed E-state index contributed by atoms with van der Waals surface area (Å²) < 4.78 is 14.9. The number of carbonyl (C=O) groups is 2. The Morgan fingerprint density at radius 1 is 1.06 bits per heavy atom. The first-order chi connectivity index (χ1) is 16.5. The number of nitrogens with zero attached hydrogens (tertiary/aromatic N) is 2. The molecule has 1 aliphatic rings. The monoisotopic (exact) mass is 461 g/mol. The minimum Gasteiger partial charge on any atom is -0.351 e. The van der Waals surface area contributed by atoms with E-state index in [0.717, 1.165) is 13.1 Å². The average Bonchev–Trinajstić information content (AvgIpc) is 2.84. The maximum Gasteiger partial charge on any atom is 0.268 e. The van der Waals surface area contributed by atoms with E-state index >= 15 is 0 Å². The molecule has 1 amide bonds. The van der Waals surface area contributed by atoms with E-state index < -0.39 is 17.3 Å². The molecule has 2 aromatic carbocycles. The summed E-state index contributed by atoms with van der Waals surface area (Å²) in [4.78, 5) is 41.2. The highest BCUT2D eigenvalue weighted by atomic mass is 19.1. The number of carbonyl (C=O) groups excluding carboxylic acids is 2. The number of ketones is 1. The third kappa shape index (κ3) is 5.15. The molecule has 0 aliphatic heterocycles. The lowest BCUT2D eigenvalue weighted by Crippen LogP contribution is -2.39. The normalized spacial score (nSPS) is 13.1. The van der Waals surface area contributed by atoms with E-state index in [2.05, 4.69) is 29.3 Å². The van der Waals surface area contributed by atoms with Gasteiger partial charge in [0.1, 0.15) is 11.4 Å². The van der Waals surface area contributed by atoms with Crippen molar-refractivity contribution in [3.63, 3.8) is 0 Å². The van der Waals surface area contributed by atoms with Crippen molar-refractivity contribution in [3.05, 3.63) is 99.2 Å². The molecule has 4 rings (SSSR count). The number of amides is 1. The molecule has 0 atom stereocenters. The summed E-state index contributed by atoms with van der Waals surface area (Å²) in [5.41, 5.74) is 2.00. The molecule has 1 aromatic heterocycles. The smallest absolute Gasteiger partial charge is 0.268 e. The number of benzene rings is 2. The zero-order valence-electron chi connectivity index (χ0n) is 19.2. The van der Waals surface area contributed by atoms with Gasteiger partial charge in [-0.15, -0.1) is 0 Å². The van der Waals surface area contributed by atoms with Crippen LogP contribution in [0.3, 0.4) is 0 Å². The zero-order valence-corrected chi connectivity index (χ0v) is 19.2.